The van der Waals surface area contributed by atoms with Crippen LogP contribution in [0.4, 0.5) is 0 Å². The highest BCUT2D eigenvalue weighted by Crippen LogP contribution is 2.26. The van der Waals surface area contributed by atoms with Gasteiger partial charge in [0.2, 0.25) is 0 Å². The minimum absolute atomic E-state index is 0.205. The quantitative estimate of drug-likeness (QED) is 0.935. The molecule has 0 bridgehead atoms. The van der Waals surface area contributed by atoms with Crippen LogP contribution in [-0.2, 0) is 6.42 Å². The Morgan fingerprint density at radius 1 is 1.10 bits per heavy atom. The van der Waals surface area contributed by atoms with Crippen LogP contribution < -0.4 is 4.74 Å². The molecule has 1 unspecified atom stereocenters. The zero-order valence-corrected chi connectivity index (χ0v) is 11.8. The Hall–Kier alpha value is -2.13. The topological polar surface area (TPSA) is 46.5 Å². The fraction of sp³-hybridized carbons (Fsp3) is 0.278. The lowest BCUT2D eigenvalue weighted by molar-refractivity contribution is 0.0971. The molecule has 0 aromatic heterocycles. The Kier molecular flexibility index (Phi) is 4.02. The summed E-state index contributed by atoms with van der Waals surface area (Å²) in [6.07, 6.45) is 1.81. The number of aliphatic hydroxyl groups excluding tert-OH is 1. The number of aliphatic hydroxyl groups is 1. The van der Waals surface area contributed by atoms with Gasteiger partial charge >= 0.3 is 0 Å². The molecule has 3 heteroatoms. The lowest BCUT2D eigenvalue weighted by Gasteiger charge is -2.17. The number of fused-ring (bicyclic) bond motifs is 1. The summed E-state index contributed by atoms with van der Waals surface area (Å²) in [5, 5.41) is 10.1. The van der Waals surface area contributed by atoms with Gasteiger partial charge in [-0.2, -0.15) is 0 Å². The number of rotatable bonds is 4. The third kappa shape index (κ3) is 3.14. The van der Waals surface area contributed by atoms with E-state index in [0.717, 1.165) is 29.5 Å². The normalized spacial score (nSPS) is 15.4. The van der Waals surface area contributed by atoms with Crippen LogP contribution in [0.1, 0.15) is 40.4 Å². The van der Waals surface area contributed by atoms with Crippen LogP contribution in [0, 0.1) is 0 Å². The van der Waals surface area contributed by atoms with E-state index in [1.54, 1.807) is 6.07 Å². The van der Waals surface area contributed by atoms with Crippen molar-refractivity contribution in [3.05, 3.63) is 65.2 Å². The van der Waals surface area contributed by atoms with Crippen molar-refractivity contribution in [2.45, 2.75) is 25.4 Å². The Morgan fingerprint density at radius 3 is 2.71 bits per heavy atom. The van der Waals surface area contributed by atoms with Crippen LogP contribution in [0.15, 0.2) is 48.5 Å². The van der Waals surface area contributed by atoms with E-state index >= 15 is 0 Å². The number of ketones is 1. The van der Waals surface area contributed by atoms with Gasteiger partial charge < -0.3 is 9.84 Å². The fourth-order valence-corrected chi connectivity index (χ4v) is 2.66. The average molecular weight is 282 g/mol. The van der Waals surface area contributed by atoms with E-state index in [9.17, 15) is 9.90 Å². The molecule has 108 valence electrons. The molecule has 2 aromatic carbocycles. The second-order valence-electron chi connectivity index (χ2n) is 5.33. The first kappa shape index (κ1) is 13.8. The Balaban J connectivity index is 1.67. The fourth-order valence-electron chi connectivity index (χ4n) is 2.66. The Bertz CT molecular complexity index is 634. The van der Waals surface area contributed by atoms with E-state index in [-0.39, 0.29) is 12.4 Å². The zero-order chi connectivity index (χ0) is 14.7. The van der Waals surface area contributed by atoms with Gasteiger partial charge in [0.05, 0.1) is 0 Å². The van der Waals surface area contributed by atoms with Crippen molar-refractivity contribution in [3.63, 3.8) is 0 Å². The van der Waals surface area contributed by atoms with E-state index in [1.807, 2.05) is 42.5 Å². The van der Waals surface area contributed by atoms with Gasteiger partial charge in [-0.1, -0.05) is 30.3 Å². The minimum Gasteiger partial charge on any atom is -0.491 e. The predicted octanol–water partition coefficient (Wildman–Crippen LogP) is 3.32. The van der Waals surface area contributed by atoms with Crippen molar-refractivity contribution in [2.24, 2.45) is 0 Å². The summed E-state index contributed by atoms with van der Waals surface area (Å²) in [5.74, 6) is 0.922. The molecule has 2 aromatic rings. The number of hydrogen-bond donors (Lipinski definition) is 1. The van der Waals surface area contributed by atoms with Crippen LogP contribution in [-0.4, -0.2) is 17.5 Å². The summed E-state index contributed by atoms with van der Waals surface area (Å²) in [5.41, 5.74) is 2.71. The molecule has 0 spiro atoms. The SMILES string of the molecule is O=C1CCCc2cc(OCC(O)c3ccccc3)ccc21. The number of ether oxygens (including phenoxy) is 1. The van der Waals surface area contributed by atoms with E-state index in [0.29, 0.717) is 12.2 Å². The van der Waals surface area contributed by atoms with Gasteiger partial charge in [0.1, 0.15) is 18.5 Å². The highest BCUT2D eigenvalue weighted by atomic mass is 16.5. The number of carbonyl (C=O) groups excluding carboxylic acids is 1. The molecule has 0 fully saturated rings. The van der Waals surface area contributed by atoms with Crippen molar-refractivity contribution < 1.29 is 14.6 Å². The van der Waals surface area contributed by atoms with Crippen LogP contribution in [0.2, 0.25) is 0 Å². The largest absolute Gasteiger partial charge is 0.491 e. The van der Waals surface area contributed by atoms with Crippen LogP contribution in [0.3, 0.4) is 0 Å². The Labute approximate surface area is 124 Å². The molecule has 1 aliphatic rings. The van der Waals surface area contributed by atoms with Gasteiger partial charge in [0, 0.05) is 12.0 Å². The number of aryl methyl sites for hydroxylation is 1. The van der Waals surface area contributed by atoms with Crippen molar-refractivity contribution in [3.8, 4) is 5.75 Å². The second kappa shape index (κ2) is 6.10. The van der Waals surface area contributed by atoms with Crippen molar-refractivity contribution in [1.82, 2.24) is 0 Å². The standard InChI is InChI=1S/C18H18O3/c19-17-8-4-7-14-11-15(9-10-16(14)17)21-12-18(20)13-5-2-1-3-6-13/h1-3,5-6,9-11,18,20H,4,7-8,12H2. The summed E-state index contributed by atoms with van der Waals surface area (Å²) < 4.78 is 5.66. The first-order chi connectivity index (χ1) is 10.2. The molecule has 1 N–H and O–H groups in total. The predicted molar refractivity (Wildman–Crippen MR) is 80.6 cm³/mol. The Morgan fingerprint density at radius 2 is 1.90 bits per heavy atom. The molecule has 21 heavy (non-hydrogen) atoms. The molecule has 3 rings (SSSR count). The molecule has 0 heterocycles. The molecule has 0 amide bonds. The molecule has 0 aliphatic heterocycles. The first-order valence-corrected chi connectivity index (χ1v) is 7.26. The highest BCUT2D eigenvalue weighted by molar-refractivity contribution is 5.98. The number of Topliss-reactive ketones (excluding diaryl/α,β-unsaturated/α-hetero) is 1. The summed E-state index contributed by atoms with van der Waals surface area (Å²) in [7, 11) is 0. The van der Waals surface area contributed by atoms with E-state index < -0.39 is 6.10 Å². The first-order valence-electron chi connectivity index (χ1n) is 7.26. The lowest BCUT2D eigenvalue weighted by Crippen LogP contribution is -2.12. The van der Waals surface area contributed by atoms with E-state index in [4.69, 9.17) is 4.74 Å². The van der Waals surface area contributed by atoms with Crippen molar-refractivity contribution in [2.75, 3.05) is 6.61 Å². The van der Waals surface area contributed by atoms with E-state index in [1.165, 1.54) is 0 Å². The molecule has 3 nitrogen and oxygen atoms in total. The van der Waals surface area contributed by atoms with E-state index in [2.05, 4.69) is 0 Å². The van der Waals surface area contributed by atoms with Crippen molar-refractivity contribution in [1.29, 1.82) is 0 Å². The second-order valence-corrected chi connectivity index (χ2v) is 5.33. The molecule has 0 radical (unpaired) electrons. The monoisotopic (exact) mass is 282 g/mol. The zero-order valence-electron chi connectivity index (χ0n) is 11.8. The smallest absolute Gasteiger partial charge is 0.163 e. The molecule has 1 aliphatic carbocycles. The van der Waals surface area contributed by atoms with Gasteiger partial charge in [-0.05, 0) is 42.2 Å². The average Bonchev–Trinajstić information content (AvgIpc) is 2.53. The number of hydrogen-bond acceptors (Lipinski definition) is 3. The summed E-state index contributed by atoms with van der Waals surface area (Å²) in [4.78, 5) is 11.8. The molecule has 1 atom stereocenters. The van der Waals surface area contributed by atoms with Gasteiger partial charge in [0.25, 0.3) is 0 Å². The van der Waals surface area contributed by atoms with Crippen LogP contribution in [0.25, 0.3) is 0 Å². The maximum atomic E-state index is 11.8. The van der Waals surface area contributed by atoms with Crippen LogP contribution >= 0.6 is 0 Å². The van der Waals surface area contributed by atoms with Crippen molar-refractivity contribution >= 4 is 5.78 Å². The third-order valence-electron chi connectivity index (χ3n) is 3.82. The maximum absolute atomic E-state index is 11.8. The minimum atomic E-state index is -0.649. The summed E-state index contributed by atoms with van der Waals surface area (Å²) in [6.45, 7) is 0.205. The lowest BCUT2D eigenvalue weighted by atomic mass is 9.90. The summed E-state index contributed by atoms with van der Waals surface area (Å²) >= 11 is 0. The van der Waals surface area contributed by atoms with Gasteiger partial charge in [-0.3, -0.25) is 4.79 Å². The summed E-state index contributed by atoms with van der Waals surface area (Å²) in [6, 6.07) is 15.0. The van der Waals surface area contributed by atoms with Gasteiger partial charge in [0.15, 0.2) is 5.78 Å². The number of carbonyl (C=O) groups is 1. The van der Waals surface area contributed by atoms with Gasteiger partial charge in [-0.15, -0.1) is 0 Å². The number of benzene rings is 2. The molecule has 0 saturated carbocycles. The molecular formula is C18H18O3. The van der Waals surface area contributed by atoms with Gasteiger partial charge in [-0.25, -0.2) is 0 Å². The molecular weight excluding hydrogens is 264 g/mol. The maximum Gasteiger partial charge on any atom is 0.163 e. The van der Waals surface area contributed by atoms with Crippen LogP contribution in [0.5, 0.6) is 5.75 Å². The molecule has 0 saturated heterocycles. The highest BCUT2D eigenvalue weighted by Gasteiger charge is 2.17. The third-order valence-corrected chi connectivity index (χ3v) is 3.82.